The second-order valence-electron chi connectivity index (χ2n) is 3.97. The van der Waals surface area contributed by atoms with Crippen LogP contribution in [0.1, 0.15) is 15.9 Å². The third-order valence-corrected chi connectivity index (χ3v) is 2.79. The molecule has 2 rings (SSSR count). The Kier molecular flexibility index (Phi) is 3.69. The Labute approximate surface area is 106 Å². The zero-order valence-electron chi connectivity index (χ0n) is 10.2. The smallest absolute Gasteiger partial charge is 0.258 e. The number of rotatable bonds is 3. The quantitative estimate of drug-likeness (QED) is 0.891. The number of hydrogen-bond acceptors (Lipinski definition) is 3. The van der Waals surface area contributed by atoms with E-state index < -0.39 is 0 Å². The molecule has 2 aromatic rings. The van der Waals surface area contributed by atoms with Crippen LogP contribution in [0.5, 0.6) is 0 Å². The van der Waals surface area contributed by atoms with Gasteiger partial charge in [0.2, 0.25) is 0 Å². The largest absolute Gasteiger partial charge is 0.326 e. The zero-order valence-corrected chi connectivity index (χ0v) is 10.2. The first-order valence-corrected chi connectivity index (χ1v) is 5.69. The summed E-state index contributed by atoms with van der Waals surface area (Å²) in [5.74, 6) is -0.0511. The molecule has 1 heterocycles. The molecule has 0 unspecified atom stereocenters. The van der Waals surface area contributed by atoms with E-state index in [0.717, 1.165) is 11.3 Å². The minimum Gasteiger partial charge on any atom is -0.326 e. The topological polar surface area (TPSA) is 59.2 Å². The molecule has 0 saturated heterocycles. The van der Waals surface area contributed by atoms with Crippen LogP contribution in [0.15, 0.2) is 48.8 Å². The second kappa shape index (κ2) is 5.42. The third-order valence-electron chi connectivity index (χ3n) is 2.79. The summed E-state index contributed by atoms with van der Waals surface area (Å²) >= 11 is 0. The molecule has 0 atom stereocenters. The summed E-state index contributed by atoms with van der Waals surface area (Å²) < 4.78 is 0. The van der Waals surface area contributed by atoms with Crippen LogP contribution in [-0.4, -0.2) is 17.9 Å². The third kappa shape index (κ3) is 2.55. The van der Waals surface area contributed by atoms with E-state index in [1.54, 1.807) is 48.6 Å². The van der Waals surface area contributed by atoms with Gasteiger partial charge in [-0.05, 0) is 29.8 Å². The molecular weight excluding hydrogens is 226 g/mol. The van der Waals surface area contributed by atoms with Gasteiger partial charge < -0.3 is 10.6 Å². The maximum Gasteiger partial charge on any atom is 0.258 e. The van der Waals surface area contributed by atoms with E-state index in [2.05, 4.69) is 4.98 Å². The van der Waals surface area contributed by atoms with E-state index in [1.807, 2.05) is 12.1 Å². The molecule has 0 aliphatic carbocycles. The number of aromatic nitrogens is 1. The summed E-state index contributed by atoms with van der Waals surface area (Å²) in [4.78, 5) is 17.7. The fourth-order valence-corrected chi connectivity index (χ4v) is 1.66. The first-order valence-electron chi connectivity index (χ1n) is 5.69. The molecule has 18 heavy (non-hydrogen) atoms. The van der Waals surface area contributed by atoms with Crippen LogP contribution >= 0.6 is 0 Å². The van der Waals surface area contributed by atoms with Crippen molar-refractivity contribution in [2.75, 3.05) is 11.9 Å². The monoisotopic (exact) mass is 241 g/mol. The maximum absolute atomic E-state index is 12.2. The zero-order chi connectivity index (χ0) is 13.0. The molecule has 1 aromatic heterocycles. The lowest BCUT2D eigenvalue weighted by atomic mass is 10.1. The molecule has 0 radical (unpaired) electrons. The van der Waals surface area contributed by atoms with Gasteiger partial charge in [0.1, 0.15) is 0 Å². The van der Waals surface area contributed by atoms with Crippen molar-refractivity contribution in [3.63, 3.8) is 0 Å². The summed E-state index contributed by atoms with van der Waals surface area (Å²) in [5.41, 5.74) is 8.00. The first-order chi connectivity index (χ1) is 8.72. The predicted octanol–water partition coefficient (Wildman–Crippen LogP) is 1.82. The van der Waals surface area contributed by atoms with Crippen molar-refractivity contribution in [3.05, 3.63) is 59.9 Å². The van der Waals surface area contributed by atoms with Crippen LogP contribution in [0.2, 0.25) is 0 Å². The molecule has 0 fully saturated rings. The number of pyridine rings is 1. The summed E-state index contributed by atoms with van der Waals surface area (Å²) in [6, 6.07) is 10.9. The lowest BCUT2D eigenvalue weighted by Crippen LogP contribution is -2.26. The lowest BCUT2D eigenvalue weighted by molar-refractivity contribution is 0.0993. The van der Waals surface area contributed by atoms with Crippen LogP contribution in [0.25, 0.3) is 0 Å². The maximum atomic E-state index is 12.2. The summed E-state index contributed by atoms with van der Waals surface area (Å²) in [6.45, 7) is 0.481. The van der Waals surface area contributed by atoms with E-state index in [9.17, 15) is 4.79 Å². The molecule has 4 heteroatoms. The molecule has 0 bridgehead atoms. The number of hydrogen-bond donors (Lipinski definition) is 1. The average Bonchev–Trinajstić information content (AvgIpc) is 2.47. The standard InChI is InChI=1S/C14H15N3O/c1-17(13-6-8-16-9-7-13)14(18)12-4-2-11(10-15)3-5-12/h2-9H,10,15H2,1H3. The van der Waals surface area contributed by atoms with Gasteiger partial charge in [-0.1, -0.05) is 12.1 Å². The molecule has 0 aliphatic heterocycles. The van der Waals surface area contributed by atoms with Crippen LogP contribution in [0, 0.1) is 0 Å². The highest BCUT2D eigenvalue weighted by Crippen LogP contribution is 2.14. The fraction of sp³-hybridized carbons (Fsp3) is 0.143. The molecular formula is C14H15N3O. The Morgan fingerprint density at radius 1 is 1.17 bits per heavy atom. The van der Waals surface area contributed by atoms with Crippen molar-refractivity contribution < 1.29 is 4.79 Å². The Hall–Kier alpha value is -2.20. The minimum atomic E-state index is -0.0511. The Morgan fingerprint density at radius 2 is 1.78 bits per heavy atom. The van der Waals surface area contributed by atoms with Crippen LogP contribution < -0.4 is 10.6 Å². The first kappa shape index (κ1) is 12.3. The Bertz CT molecular complexity index is 522. The van der Waals surface area contributed by atoms with Crippen molar-refractivity contribution in [2.24, 2.45) is 5.73 Å². The van der Waals surface area contributed by atoms with Crippen molar-refractivity contribution in [3.8, 4) is 0 Å². The average molecular weight is 241 g/mol. The molecule has 1 amide bonds. The van der Waals surface area contributed by atoms with Gasteiger partial charge in [0.05, 0.1) is 0 Å². The number of anilines is 1. The molecule has 2 N–H and O–H groups in total. The van der Waals surface area contributed by atoms with Gasteiger partial charge in [0.25, 0.3) is 5.91 Å². The van der Waals surface area contributed by atoms with Gasteiger partial charge in [0.15, 0.2) is 0 Å². The van der Waals surface area contributed by atoms with Gasteiger partial charge in [0, 0.05) is 37.2 Å². The molecule has 0 aliphatic rings. The number of carbonyl (C=O) groups excluding carboxylic acids is 1. The summed E-state index contributed by atoms with van der Waals surface area (Å²) in [6.07, 6.45) is 3.33. The minimum absolute atomic E-state index is 0.0511. The number of carbonyl (C=O) groups is 1. The fourth-order valence-electron chi connectivity index (χ4n) is 1.66. The van der Waals surface area contributed by atoms with Crippen molar-refractivity contribution in [2.45, 2.75) is 6.54 Å². The molecule has 92 valence electrons. The van der Waals surface area contributed by atoms with Crippen LogP contribution in [0.3, 0.4) is 0 Å². The van der Waals surface area contributed by atoms with Gasteiger partial charge in [-0.25, -0.2) is 0 Å². The van der Waals surface area contributed by atoms with E-state index >= 15 is 0 Å². The molecule has 0 spiro atoms. The van der Waals surface area contributed by atoms with E-state index in [1.165, 1.54) is 0 Å². The normalized spacial score (nSPS) is 10.1. The summed E-state index contributed by atoms with van der Waals surface area (Å²) in [5, 5.41) is 0. The van der Waals surface area contributed by atoms with E-state index in [4.69, 9.17) is 5.73 Å². The second-order valence-corrected chi connectivity index (χ2v) is 3.97. The SMILES string of the molecule is CN(C(=O)c1ccc(CN)cc1)c1ccncc1. The molecule has 4 nitrogen and oxygen atoms in total. The van der Waals surface area contributed by atoms with Gasteiger partial charge in [-0.2, -0.15) is 0 Å². The molecule has 1 aromatic carbocycles. The highest BCUT2D eigenvalue weighted by atomic mass is 16.2. The number of benzene rings is 1. The van der Waals surface area contributed by atoms with Crippen molar-refractivity contribution >= 4 is 11.6 Å². The summed E-state index contributed by atoms with van der Waals surface area (Å²) in [7, 11) is 1.74. The van der Waals surface area contributed by atoms with Crippen LogP contribution in [-0.2, 0) is 6.54 Å². The number of nitrogens with zero attached hydrogens (tertiary/aromatic N) is 2. The van der Waals surface area contributed by atoms with Crippen molar-refractivity contribution in [1.29, 1.82) is 0 Å². The predicted molar refractivity (Wildman–Crippen MR) is 71.3 cm³/mol. The highest BCUT2D eigenvalue weighted by Gasteiger charge is 2.12. The number of amides is 1. The highest BCUT2D eigenvalue weighted by molar-refractivity contribution is 6.05. The number of nitrogens with two attached hydrogens (primary N) is 1. The van der Waals surface area contributed by atoms with Crippen molar-refractivity contribution in [1.82, 2.24) is 4.98 Å². The van der Waals surface area contributed by atoms with E-state index in [0.29, 0.717) is 12.1 Å². The lowest BCUT2D eigenvalue weighted by Gasteiger charge is -2.17. The van der Waals surface area contributed by atoms with Gasteiger partial charge in [-0.3, -0.25) is 9.78 Å². The Balaban J connectivity index is 2.20. The van der Waals surface area contributed by atoms with E-state index in [-0.39, 0.29) is 5.91 Å². The molecule has 0 saturated carbocycles. The van der Waals surface area contributed by atoms with Crippen LogP contribution in [0.4, 0.5) is 5.69 Å². The Morgan fingerprint density at radius 3 is 2.33 bits per heavy atom. The van der Waals surface area contributed by atoms with Gasteiger partial charge >= 0.3 is 0 Å². The van der Waals surface area contributed by atoms with Gasteiger partial charge in [-0.15, -0.1) is 0 Å².